The third-order valence-corrected chi connectivity index (χ3v) is 2.52. The van der Waals surface area contributed by atoms with Crippen LogP contribution in [0.25, 0.3) is 11.1 Å². The molecule has 2 aromatic rings. The van der Waals surface area contributed by atoms with Gasteiger partial charge in [-0.05, 0) is 23.8 Å². The number of benzene rings is 2. The van der Waals surface area contributed by atoms with Crippen molar-refractivity contribution < 1.29 is 0 Å². The Bertz CT molecular complexity index is 675. The third-order valence-electron chi connectivity index (χ3n) is 2.52. The van der Waals surface area contributed by atoms with Gasteiger partial charge in [-0.15, -0.1) is 0 Å². The Balaban J connectivity index is 2.80. The van der Waals surface area contributed by atoms with Gasteiger partial charge >= 0.3 is 0 Å². The molecular formula is C15H6N3. The first-order chi connectivity index (χ1) is 8.80. The Morgan fingerprint density at radius 2 is 1.39 bits per heavy atom. The summed E-state index contributed by atoms with van der Waals surface area (Å²) in [5.41, 5.74) is 2.31. The van der Waals surface area contributed by atoms with Gasteiger partial charge in [-0.1, -0.05) is 24.3 Å². The molecule has 0 aromatic heterocycles. The van der Waals surface area contributed by atoms with Crippen LogP contribution in [0.5, 0.6) is 0 Å². The first kappa shape index (κ1) is 11.4. The molecule has 0 fully saturated rings. The van der Waals surface area contributed by atoms with Crippen LogP contribution in [0, 0.1) is 40.1 Å². The minimum Gasteiger partial charge on any atom is -0.192 e. The highest BCUT2D eigenvalue weighted by Gasteiger charge is 2.12. The molecule has 0 N–H and O–H groups in total. The highest BCUT2D eigenvalue weighted by molar-refractivity contribution is 5.77. The predicted molar refractivity (Wildman–Crippen MR) is 64.9 cm³/mol. The Labute approximate surface area is 105 Å². The zero-order valence-electron chi connectivity index (χ0n) is 9.31. The van der Waals surface area contributed by atoms with Crippen LogP contribution in [0.4, 0.5) is 0 Å². The van der Waals surface area contributed by atoms with Crippen LogP contribution in [0.2, 0.25) is 0 Å². The fraction of sp³-hybridized carbons (Fsp3) is 0. The van der Waals surface area contributed by atoms with Gasteiger partial charge in [0.1, 0.15) is 0 Å². The predicted octanol–water partition coefficient (Wildman–Crippen LogP) is 2.77. The second kappa shape index (κ2) is 4.83. The molecule has 81 valence electrons. The number of rotatable bonds is 1. The van der Waals surface area contributed by atoms with E-state index in [4.69, 9.17) is 15.8 Å². The van der Waals surface area contributed by atoms with E-state index in [-0.39, 0.29) is 0 Å². The average Bonchev–Trinajstić information content (AvgIpc) is 2.46. The molecular weight excluding hydrogens is 222 g/mol. The van der Waals surface area contributed by atoms with E-state index in [0.717, 1.165) is 5.56 Å². The molecule has 1 radical (unpaired) electrons. The summed E-state index contributed by atoms with van der Waals surface area (Å²) in [7, 11) is 0. The molecule has 2 aromatic carbocycles. The van der Waals surface area contributed by atoms with Gasteiger partial charge in [-0.3, -0.25) is 0 Å². The molecule has 0 saturated carbocycles. The zero-order valence-corrected chi connectivity index (χ0v) is 9.31. The van der Waals surface area contributed by atoms with Crippen molar-refractivity contribution >= 4 is 0 Å². The second-order valence-electron chi connectivity index (χ2n) is 3.57. The van der Waals surface area contributed by atoms with Gasteiger partial charge in [-0.25, -0.2) is 0 Å². The molecule has 0 aliphatic rings. The van der Waals surface area contributed by atoms with E-state index in [1.165, 1.54) is 12.1 Å². The molecule has 0 aliphatic heterocycles. The van der Waals surface area contributed by atoms with E-state index in [0.29, 0.717) is 22.3 Å². The maximum absolute atomic E-state index is 9.14. The fourth-order valence-corrected chi connectivity index (χ4v) is 1.75. The summed E-state index contributed by atoms with van der Waals surface area (Å²) >= 11 is 0. The summed E-state index contributed by atoms with van der Waals surface area (Å²) in [6.45, 7) is 0. The summed E-state index contributed by atoms with van der Waals surface area (Å²) in [5.74, 6) is 0. The topological polar surface area (TPSA) is 71.4 Å². The van der Waals surface area contributed by atoms with Crippen molar-refractivity contribution in [3.8, 4) is 29.3 Å². The molecule has 0 atom stereocenters. The first-order valence-corrected chi connectivity index (χ1v) is 5.15. The Morgan fingerprint density at radius 3 is 1.83 bits per heavy atom. The van der Waals surface area contributed by atoms with Gasteiger partial charge in [0, 0.05) is 5.56 Å². The Hall–Kier alpha value is -3.09. The monoisotopic (exact) mass is 228 g/mol. The van der Waals surface area contributed by atoms with Gasteiger partial charge in [0.25, 0.3) is 0 Å². The van der Waals surface area contributed by atoms with Gasteiger partial charge < -0.3 is 0 Å². The van der Waals surface area contributed by atoms with Crippen LogP contribution in [-0.4, -0.2) is 0 Å². The molecule has 18 heavy (non-hydrogen) atoms. The van der Waals surface area contributed by atoms with Crippen molar-refractivity contribution in [3.05, 3.63) is 59.2 Å². The molecule has 3 nitrogen and oxygen atoms in total. The molecule has 0 unspecified atom stereocenters. The van der Waals surface area contributed by atoms with Gasteiger partial charge in [-0.2, -0.15) is 15.8 Å². The van der Waals surface area contributed by atoms with Crippen molar-refractivity contribution in [2.75, 3.05) is 0 Å². The van der Waals surface area contributed by atoms with Gasteiger partial charge in [0.05, 0.1) is 34.9 Å². The summed E-state index contributed by atoms with van der Waals surface area (Å²) < 4.78 is 0. The van der Waals surface area contributed by atoms with Crippen LogP contribution in [0.15, 0.2) is 36.4 Å². The lowest BCUT2D eigenvalue weighted by atomic mass is 9.93. The highest BCUT2D eigenvalue weighted by Crippen LogP contribution is 2.28. The van der Waals surface area contributed by atoms with Crippen LogP contribution >= 0.6 is 0 Å². The molecule has 0 spiro atoms. The zero-order chi connectivity index (χ0) is 13.0. The van der Waals surface area contributed by atoms with E-state index in [9.17, 15) is 0 Å². The van der Waals surface area contributed by atoms with Gasteiger partial charge in [0.15, 0.2) is 0 Å². The lowest BCUT2D eigenvalue weighted by Gasteiger charge is -2.07. The summed E-state index contributed by atoms with van der Waals surface area (Å²) in [4.78, 5) is 0. The molecule has 3 heteroatoms. The van der Waals surface area contributed by atoms with Crippen molar-refractivity contribution in [1.29, 1.82) is 15.8 Å². The molecule has 0 bridgehead atoms. The van der Waals surface area contributed by atoms with Crippen molar-refractivity contribution in [2.45, 2.75) is 0 Å². The van der Waals surface area contributed by atoms with E-state index >= 15 is 0 Å². The first-order valence-electron chi connectivity index (χ1n) is 5.15. The number of nitriles is 3. The van der Waals surface area contributed by atoms with Crippen LogP contribution in [0.3, 0.4) is 0 Å². The van der Waals surface area contributed by atoms with Crippen LogP contribution in [0.1, 0.15) is 16.7 Å². The summed E-state index contributed by atoms with van der Waals surface area (Å²) in [6, 6.07) is 18.9. The standard InChI is InChI=1S/C15H6N3/c16-8-11-6-13(9-17)15(14(7-11)10-18)12-4-2-1-3-5-12/h2-7H. The fourth-order valence-electron chi connectivity index (χ4n) is 1.75. The SMILES string of the molecule is N#Cc1cc(C#N)c(-c2cc[c]cc2)c(C#N)c1. The highest BCUT2D eigenvalue weighted by atomic mass is 14.3. The Morgan fingerprint density at radius 1 is 0.833 bits per heavy atom. The maximum Gasteiger partial charge on any atom is 0.0999 e. The lowest BCUT2D eigenvalue weighted by Crippen LogP contribution is -1.92. The van der Waals surface area contributed by atoms with Gasteiger partial charge in [0.2, 0.25) is 0 Å². The summed E-state index contributed by atoms with van der Waals surface area (Å²) in [6.07, 6.45) is 0. The van der Waals surface area contributed by atoms with Crippen molar-refractivity contribution in [2.24, 2.45) is 0 Å². The largest absolute Gasteiger partial charge is 0.192 e. The average molecular weight is 228 g/mol. The van der Waals surface area contributed by atoms with Crippen LogP contribution in [-0.2, 0) is 0 Å². The molecule has 0 saturated heterocycles. The quantitative estimate of drug-likeness (QED) is 0.753. The molecule has 0 aliphatic carbocycles. The minimum atomic E-state index is 0.314. The third kappa shape index (κ3) is 1.92. The van der Waals surface area contributed by atoms with E-state index in [1.54, 1.807) is 24.3 Å². The number of hydrogen-bond acceptors (Lipinski definition) is 3. The number of hydrogen-bond donors (Lipinski definition) is 0. The molecule has 2 rings (SSSR count). The molecule has 0 heterocycles. The van der Waals surface area contributed by atoms with E-state index in [2.05, 4.69) is 6.07 Å². The Kier molecular flexibility index (Phi) is 3.06. The normalized spacial score (nSPS) is 8.94. The van der Waals surface area contributed by atoms with Crippen molar-refractivity contribution in [1.82, 2.24) is 0 Å². The number of nitrogens with zero attached hydrogens (tertiary/aromatic N) is 3. The lowest BCUT2D eigenvalue weighted by molar-refractivity contribution is 1.41. The maximum atomic E-state index is 9.14. The van der Waals surface area contributed by atoms with Crippen molar-refractivity contribution in [3.63, 3.8) is 0 Å². The van der Waals surface area contributed by atoms with E-state index < -0.39 is 0 Å². The minimum absolute atomic E-state index is 0.314. The smallest absolute Gasteiger partial charge is 0.0999 e. The van der Waals surface area contributed by atoms with E-state index in [1.807, 2.05) is 18.2 Å². The van der Waals surface area contributed by atoms with Crippen LogP contribution < -0.4 is 0 Å². The molecule has 0 amide bonds. The second-order valence-corrected chi connectivity index (χ2v) is 3.57. The summed E-state index contributed by atoms with van der Waals surface area (Å²) in [5, 5.41) is 27.2.